The molecule has 0 spiro atoms. The van der Waals surface area contributed by atoms with E-state index in [1.807, 2.05) is 36.4 Å². The molecule has 2 aromatic rings. The maximum Gasteiger partial charge on any atom is 0.255 e. The van der Waals surface area contributed by atoms with Crippen molar-refractivity contribution >= 4 is 17.3 Å². The second kappa shape index (κ2) is 6.44. The Balaban J connectivity index is 2.25. The van der Waals surface area contributed by atoms with Gasteiger partial charge < -0.3 is 16.4 Å². The molecule has 0 aliphatic heterocycles. The fourth-order valence-electron chi connectivity index (χ4n) is 2.07. The van der Waals surface area contributed by atoms with Crippen LogP contribution in [0.3, 0.4) is 0 Å². The van der Waals surface area contributed by atoms with Crippen LogP contribution >= 0.6 is 0 Å². The summed E-state index contributed by atoms with van der Waals surface area (Å²) >= 11 is 0. The Labute approximate surface area is 123 Å². The number of rotatable bonds is 4. The van der Waals surface area contributed by atoms with E-state index in [-0.39, 0.29) is 12.5 Å². The molecule has 0 unspecified atom stereocenters. The van der Waals surface area contributed by atoms with Crippen LogP contribution in [0.15, 0.2) is 48.5 Å². The third kappa shape index (κ3) is 3.74. The van der Waals surface area contributed by atoms with Crippen molar-refractivity contribution in [2.75, 3.05) is 18.0 Å². The summed E-state index contributed by atoms with van der Waals surface area (Å²) in [6, 6.07) is 16.2. The number of amides is 1. The molecule has 0 aromatic heterocycles. The van der Waals surface area contributed by atoms with Crippen LogP contribution in [0.2, 0.25) is 0 Å². The van der Waals surface area contributed by atoms with Crippen LogP contribution in [0.25, 0.3) is 0 Å². The van der Waals surface area contributed by atoms with Gasteiger partial charge in [-0.05, 0) is 23.8 Å². The fourth-order valence-corrected chi connectivity index (χ4v) is 2.07. The molecule has 0 saturated heterocycles. The van der Waals surface area contributed by atoms with Crippen molar-refractivity contribution < 1.29 is 4.79 Å². The zero-order chi connectivity index (χ0) is 15.2. The summed E-state index contributed by atoms with van der Waals surface area (Å²) in [6.45, 7) is 0.365. The summed E-state index contributed by atoms with van der Waals surface area (Å²) in [4.78, 5) is 14.0. The van der Waals surface area contributed by atoms with E-state index in [0.29, 0.717) is 23.5 Å². The predicted octanol–water partition coefficient (Wildman–Crippen LogP) is 2.02. The molecule has 0 atom stereocenters. The molecule has 5 heteroatoms. The number of hydrogen-bond acceptors (Lipinski definition) is 4. The molecule has 4 N–H and O–H groups in total. The van der Waals surface area contributed by atoms with E-state index in [4.69, 9.17) is 16.7 Å². The maximum atomic E-state index is 12.5. The van der Waals surface area contributed by atoms with Crippen molar-refractivity contribution in [1.29, 1.82) is 5.26 Å². The third-order valence-electron chi connectivity index (χ3n) is 2.99. The van der Waals surface area contributed by atoms with Crippen LogP contribution in [0.5, 0.6) is 0 Å². The second-order valence-electron chi connectivity index (χ2n) is 4.69. The molecule has 0 bridgehead atoms. The summed E-state index contributed by atoms with van der Waals surface area (Å²) in [6.07, 6.45) is 0. The van der Waals surface area contributed by atoms with E-state index in [1.165, 1.54) is 4.90 Å². The molecule has 0 radical (unpaired) electrons. The average Bonchev–Trinajstić information content (AvgIpc) is 2.46. The number of carbonyl (C=O) groups is 1. The minimum absolute atomic E-state index is 0.00241. The molecule has 2 aromatic carbocycles. The summed E-state index contributed by atoms with van der Waals surface area (Å²) in [7, 11) is 0. The molecular formula is C16H16N4O. The minimum atomic E-state index is -0.264. The van der Waals surface area contributed by atoms with Gasteiger partial charge in [-0.2, -0.15) is 5.26 Å². The molecule has 21 heavy (non-hydrogen) atoms. The first kappa shape index (κ1) is 14.4. The molecular weight excluding hydrogens is 264 g/mol. The van der Waals surface area contributed by atoms with Crippen LogP contribution in [0, 0.1) is 11.3 Å². The van der Waals surface area contributed by atoms with Crippen LogP contribution in [0.1, 0.15) is 15.9 Å². The van der Waals surface area contributed by atoms with E-state index >= 15 is 0 Å². The van der Waals surface area contributed by atoms with Crippen molar-refractivity contribution in [3.63, 3.8) is 0 Å². The van der Waals surface area contributed by atoms with Gasteiger partial charge in [0.2, 0.25) is 0 Å². The van der Waals surface area contributed by atoms with Gasteiger partial charge in [-0.1, -0.05) is 30.3 Å². The van der Waals surface area contributed by atoms with Crippen LogP contribution in [-0.2, 0) is 6.54 Å². The van der Waals surface area contributed by atoms with Crippen molar-refractivity contribution in [3.8, 4) is 6.07 Å². The summed E-state index contributed by atoms with van der Waals surface area (Å²) < 4.78 is 0. The number of nitrogens with zero attached hydrogens (tertiary/aromatic N) is 2. The Kier molecular flexibility index (Phi) is 4.42. The number of nitrogen functional groups attached to an aromatic ring is 2. The van der Waals surface area contributed by atoms with E-state index in [2.05, 4.69) is 0 Å². The van der Waals surface area contributed by atoms with Crippen LogP contribution in [0.4, 0.5) is 11.4 Å². The zero-order valence-corrected chi connectivity index (χ0v) is 11.5. The van der Waals surface area contributed by atoms with Gasteiger partial charge in [-0.3, -0.25) is 4.79 Å². The fraction of sp³-hybridized carbons (Fsp3) is 0.125. The first-order valence-corrected chi connectivity index (χ1v) is 6.46. The highest BCUT2D eigenvalue weighted by Crippen LogP contribution is 2.16. The average molecular weight is 280 g/mol. The molecule has 1 amide bonds. The Morgan fingerprint density at radius 1 is 1.10 bits per heavy atom. The third-order valence-corrected chi connectivity index (χ3v) is 2.99. The van der Waals surface area contributed by atoms with Gasteiger partial charge in [-0.15, -0.1) is 0 Å². The molecule has 106 valence electrons. The number of benzene rings is 2. The number of nitriles is 1. The topological polar surface area (TPSA) is 96.1 Å². The maximum absolute atomic E-state index is 12.5. The van der Waals surface area contributed by atoms with Gasteiger partial charge in [0.1, 0.15) is 6.54 Å². The SMILES string of the molecule is N#CCN(Cc1ccccc1)C(=O)c1cc(N)cc(N)c1. The zero-order valence-electron chi connectivity index (χ0n) is 11.5. The highest BCUT2D eigenvalue weighted by molar-refractivity contribution is 5.96. The van der Waals surface area contributed by atoms with Gasteiger partial charge in [-0.25, -0.2) is 0 Å². The van der Waals surface area contributed by atoms with Crippen LogP contribution in [-0.4, -0.2) is 17.4 Å². The van der Waals surface area contributed by atoms with Crippen molar-refractivity contribution in [2.45, 2.75) is 6.54 Å². The lowest BCUT2D eigenvalue weighted by atomic mass is 10.1. The number of anilines is 2. The van der Waals surface area contributed by atoms with Crippen molar-refractivity contribution in [3.05, 3.63) is 59.7 Å². The van der Waals surface area contributed by atoms with Crippen molar-refractivity contribution in [1.82, 2.24) is 4.90 Å². The minimum Gasteiger partial charge on any atom is -0.399 e. The van der Waals surface area contributed by atoms with Crippen LogP contribution < -0.4 is 11.5 Å². The van der Waals surface area contributed by atoms with Gasteiger partial charge >= 0.3 is 0 Å². The van der Waals surface area contributed by atoms with E-state index < -0.39 is 0 Å². The lowest BCUT2D eigenvalue weighted by molar-refractivity contribution is 0.0765. The lowest BCUT2D eigenvalue weighted by Gasteiger charge is -2.20. The molecule has 2 rings (SSSR count). The smallest absolute Gasteiger partial charge is 0.255 e. The summed E-state index contributed by atoms with van der Waals surface area (Å²) in [5.74, 6) is -0.264. The van der Waals surface area contributed by atoms with E-state index in [9.17, 15) is 4.79 Å². The monoisotopic (exact) mass is 280 g/mol. The quantitative estimate of drug-likeness (QED) is 0.661. The Morgan fingerprint density at radius 3 is 2.29 bits per heavy atom. The number of carbonyl (C=O) groups excluding carboxylic acids is 1. The standard InChI is InChI=1S/C16H16N4O/c17-6-7-20(11-12-4-2-1-3-5-12)16(21)13-8-14(18)10-15(19)9-13/h1-5,8-10H,7,11,18-19H2. The number of hydrogen-bond donors (Lipinski definition) is 2. The van der Waals surface area contributed by atoms with Gasteiger partial charge in [0.15, 0.2) is 0 Å². The lowest BCUT2D eigenvalue weighted by Crippen LogP contribution is -2.31. The highest BCUT2D eigenvalue weighted by atomic mass is 16.2. The number of nitrogens with two attached hydrogens (primary N) is 2. The highest BCUT2D eigenvalue weighted by Gasteiger charge is 2.16. The first-order chi connectivity index (χ1) is 10.1. The summed E-state index contributed by atoms with van der Waals surface area (Å²) in [5.41, 5.74) is 13.6. The predicted molar refractivity (Wildman–Crippen MR) is 82.1 cm³/mol. The van der Waals surface area contributed by atoms with E-state index in [0.717, 1.165) is 5.56 Å². The Morgan fingerprint density at radius 2 is 1.71 bits per heavy atom. The Hall–Kier alpha value is -3.00. The Bertz CT molecular complexity index is 656. The molecule has 0 aliphatic carbocycles. The first-order valence-electron chi connectivity index (χ1n) is 6.46. The normalized spacial score (nSPS) is 9.86. The van der Waals surface area contributed by atoms with Gasteiger partial charge in [0.05, 0.1) is 6.07 Å². The summed E-state index contributed by atoms with van der Waals surface area (Å²) in [5, 5.41) is 8.93. The van der Waals surface area contributed by atoms with Crippen molar-refractivity contribution in [2.24, 2.45) is 0 Å². The molecule has 0 fully saturated rings. The molecule has 0 heterocycles. The molecule has 5 nitrogen and oxygen atoms in total. The van der Waals surface area contributed by atoms with Gasteiger partial charge in [0, 0.05) is 23.5 Å². The van der Waals surface area contributed by atoms with Gasteiger partial charge in [0.25, 0.3) is 5.91 Å². The largest absolute Gasteiger partial charge is 0.399 e. The van der Waals surface area contributed by atoms with E-state index in [1.54, 1.807) is 18.2 Å². The second-order valence-corrected chi connectivity index (χ2v) is 4.69. The molecule has 0 saturated carbocycles. The molecule has 0 aliphatic rings.